The normalized spacial score (nSPS) is 11.8. The van der Waals surface area contributed by atoms with E-state index in [1.807, 2.05) is 36.4 Å². The molecule has 0 saturated heterocycles. The molecule has 28 heavy (non-hydrogen) atoms. The highest BCUT2D eigenvalue weighted by Crippen LogP contribution is 2.22. The number of rotatable bonds is 9. The Bertz CT molecular complexity index is 879. The van der Waals surface area contributed by atoms with E-state index in [0.717, 1.165) is 41.8 Å². The van der Waals surface area contributed by atoms with Crippen LogP contribution >= 0.6 is 12.4 Å². The minimum atomic E-state index is 0. The Balaban J connectivity index is 0.00000280. The lowest BCUT2D eigenvalue weighted by Crippen LogP contribution is -2.40. The van der Waals surface area contributed by atoms with Crippen molar-refractivity contribution in [1.82, 2.24) is 14.9 Å². The van der Waals surface area contributed by atoms with Gasteiger partial charge < -0.3 is 11.1 Å². The molecule has 0 radical (unpaired) electrons. The summed E-state index contributed by atoms with van der Waals surface area (Å²) in [5.41, 5.74) is 8.85. The molecule has 1 amide bonds. The zero-order valence-electron chi connectivity index (χ0n) is 16.3. The van der Waals surface area contributed by atoms with Crippen LogP contribution in [0.5, 0.6) is 0 Å². The van der Waals surface area contributed by atoms with E-state index in [2.05, 4.69) is 35.0 Å². The van der Waals surface area contributed by atoms with Gasteiger partial charge in [0.25, 0.3) is 0 Å². The average molecular weight is 401 g/mol. The van der Waals surface area contributed by atoms with Crippen molar-refractivity contribution in [2.75, 3.05) is 6.54 Å². The number of hydrogen-bond acceptors (Lipinski definition) is 3. The van der Waals surface area contributed by atoms with Crippen LogP contribution in [0.3, 0.4) is 0 Å². The van der Waals surface area contributed by atoms with Gasteiger partial charge in [-0.1, -0.05) is 50.1 Å². The number of benzene rings is 2. The molecule has 2 aromatic carbocycles. The maximum atomic E-state index is 12.4. The number of nitrogens with zero attached hydrogens (tertiary/aromatic N) is 2. The fraction of sp³-hybridized carbons (Fsp3) is 0.364. The fourth-order valence-corrected chi connectivity index (χ4v) is 3.33. The molecule has 3 rings (SSSR count). The van der Waals surface area contributed by atoms with Crippen LogP contribution in [-0.2, 0) is 11.2 Å². The summed E-state index contributed by atoms with van der Waals surface area (Å²) in [6, 6.07) is 18.3. The number of halogens is 1. The van der Waals surface area contributed by atoms with Crippen LogP contribution in [0.4, 0.5) is 0 Å². The summed E-state index contributed by atoms with van der Waals surface area (Å²) in [7, 11) is 0. The van der Waals surface area contributed by atoms with Crippen LogP contribution in [0.25, 0.3) is 16.7 Å². The third-order valence-electron chi connectivity index (χ3n) is 4.78. The first-order chi connectivity index (χ1) is 13.2. The molecule has 0 aliphatic carbocycles. The lowest BCUT2D eigenvalue weighted by atomic mass is 10.1. The van der Waals surface area contributed by atoms with Gasteiger partial charge >= 0.3 is 0 Å². The molecule has 5 nitrogen and oxygen atoms in total. The fourth-order valence-electron chi connectivity index (χ4n) is 3.33. The zero-order valence-corrected chi connectivity index (χ0v) is 17.1. The second-order valence-electron chi connectivity index (χ2n) is 6.83. The van der Waals surface area contributed by atoms with Gasteiger partial charge in [0.15, 0.2) is 0 Å². The number of aryl methyl sites for hydroxylation is 1. The van der Waals surface area contributed by atoms with Gasteiger partial charge in [-0.05, 0) is 30.7 Å². The van der Waals surface area contributed by atoms with Gasteiger partial charge in [0.2, 0.25) is 5.91 Å². The molecular formula is C22H29ClN4O. The van der Waals surface area contributed by atoms with E-state index in [1.54, 1.807) is 0 Å². The predicted octanol–water partition coefficient (Wildman–Crippen LogP) is 4.01. The first-order valence-electron chi connectivity index (χ1n) is 9.74. The number of nitrogens with one attached hydrogen (secondary N) is 1. The van der Waals surface area contributed by atoms with Crippen molar-refractivity contribution in [1.29, 1.82) is 0 Å². The van der Waals surface area contributed by atoms with Crippen LogP contribution in [0.1, 0.15) is 38.4 Å². The lowest BCUT2D eigenvalue weighted by Gasteiger charge is -2.16. The summed E-state index contributed by atoms with van der Waals surface area (Å²) in [4.78, 5) is 17.2. The van der Waals surface area contributed by atoms with Crippen molar-refractivity contribution in [2.24, 2.45) is 5.73 Å². The Morgan fingerprint density at radius 1 is 1.14 bits per heavy atom. The third kappa shape index (κ3) is 5.33. The SMILES string of the molecule is CCCCC(CN)NC(=O)CCc1nc2ccccc2n1-c1ccccc1.Cl. The number of carbonyl (C=O) groups is 1. The quantitative estimate of drug-likeness (QED) is 0.569. The summed E-state index contributed by atoms with van der Waals surface area (Å²) in [6.45, 7) is 2.62. The largest absolute Gasteiger partial charge is 0.352 e. The molecule has 1 heterocycles. The number of aromatic nitrogens is 2. The standard InChI is InChI=1S/C22H28N4O.ClH/c1-2-3-9-17(16-23)24-22(27)15-14-21-25-19-12-7-8-13-20(19)26(21)18-10-5-4-6-11-18;/h4-8,10-13,17H,2-3,9,14-16,23H2,1H3,(H,24,27);1H. The first-order valence-corrected chi connectivity index (χ1v) is 9.74. The Morgan fingerprint density at radius 3 is 2.57 bits per heavy atom. The summed E-state index contributed by atoms with van der Waals surface area (Å²) >= 11 is 0. The van der Waals surface area contributed by atoms with Crippen molar-refractivity contribution in [2.45, 2.75) is 45.1 Å². The highest BCUT2D eigenvalue weighted by atomic mass is 35.5. The molecule has 0 fully saturated rings. The van der Waals surface area contributed by atoms with E-state index in [-0.39, 0.29) is 24.4 Å². The smallest absolute Gasteiger partial charge is 0.220 e. The lowest BCUT2D eigenvalue weighted by molar-refractivity contribution is -0.121. The van der Waals surface area contributed by atoms with Crippen molar-refractivity contribution in [3.05, 3.63) is 60.4 Å². The maximum absolute atomic E-state index is 12.4. The Hall–Kier alpha value is -2.37. The van der Waals surface area contributed by atoms with Crippen LogP contribution in [0.15, 0.2) is 54.6 Å². The van der Waals surface area contributed by atoms with Gasteiger partial charge in [0, 0.05) is 31.1 Å². The summed E-state index contributed by atoms with van der Waals surface area (Å²) in [5, 5.41) is 3.06. The second kappa shape index (κ2) is 10.8. The summed E-state index contributed by atoms with van der Waals surface area (Å²) in [6.07, 6.45) is 4.10. The average Bonchev–Trinajstić information content (AvgIpc) is 3.08. The van der Waals surface area contributed by atoms with Crippen molar-refractivity contribution >= 4 is 29.3 Å². The molecule has 1 unspecified atom stereocenters. The van der Waals surface area contributed by atoms with E-state index >= 15 is 0 Å². The van der Waals surface area contributed by atoms with Crippen LogP contribution < -0.4 is 11.1 Å². The van der Waals surface area contributed by atoms with E-state index in [9.17, 15) is 4.79 Å². The molecule has 6 heteroatoms. The highest BCUT2D eigenvalue weighted by molar-refractivity contribution is 5.85. The van der Waals surface area contributed by atoms with Gasteiger partial charge in [-0.3, -0.25) is 9.36 Å². The van der Waals surface area contributed by atoms with Gasteiger partial charge in [-0.25, -0.2) is 4.98 Å². The van der Waals surface area contributed by atoms with Gasteiger partial charge in [0.1, 0.15) is 5.82 Å². The van der Waals surface area contributed by atoms with Gasteiger partial charge in [0.05, 0.1) is 11.0 Å². The van der Waals surface area contributed by atoms with E-state index in [1.165, 1.54) is 0 Å². The van der Waals surface area contributed by atoms with Crippen LogP contribution in [-0.4, -0.2) is 28.0 Å². The Morgan fingerprint density at radius 2 is 1.86 bits per heavy atom. The molecule has 1 aromatic heterocycles. The number of amides is 1. The molecule has 3 N–H and O–H groups in total. The number of carbonyl (C=O) groups excluding carboxylic acids is 1. The minimum absolute atomic E-state index is 0. The summed E-state index contributed by atoms with van der Waals surface area (Å²) in [5.74, 6) is 0.934. The number of para-hydroxylation sites is 3. The first kappa shape index (κ1) is 21.9. The molecule has 0 spiro atoms. The molecule has 0 aliphatic rings. The monoisotopic (exact) mass is 400 g/mol. The molecule has 3 aromatic rings. The number of fused-ring (bicyclic) bond motifs is 1. The summed E-state index contributed by atoms with van der Waals surface area (Å²) < 4.78 is 2.14. The van der Waals surface area contributed by atoms with Crippen molar-refractivity contribution < 1.29 is 4.79 Å². The number of hydrogen-bond donors (Lipinski definition) is 2. The molecule has 0 saturated carbocycles. The molecular weight excluding hydrogens is 372 g/mol. The van der Waals surface area contributed by atoms with Crippen LogP contribution in [0.2, 0.25) is 0 Å². The topological polar surface area (TPSA) is 72.9 Å². The Kier molecular flexibility index (Phi) is 8.48. The van der Waals surface area contributed by atoms with Crippen LogP contribution in [0, 0.1) is 0 Å². The van der Waals surface area contributed by atoms with Crippen molar-refractivity contribution in [3.63, 3.8) is 0 Å². The number of unbranched alkanes of at least 4 members (excludes halogenated alkanes) is 1. The molecule has 0 aliphatic heterocycles. The predicted molar refractivity (Wildman–Crippen MR) is 117 cm³/mol. The van der Waals surface area contributed by atoms with E-state index in [4.69, 9.17) is 10.7 Å². The van der Waals surface area contributed by atoms with Crippen molar-refractivity contribution in [3.8, 4) is 5.69 Å². The van der Waals surface area contributed by atoms with Gasteiger partial charge in [-0.15, -0.1) is 12.4 Å². The minimum Gasteiger partial charge on any atom is -0.352 e. The number of imidazole rings is 1. The highest BCUT2D eigenvalue weighted by Gasteiger charge is 2.15. The second-order valence-corrected chi connectivity index (χ2v) is 6.83. The Labute approximate surface area is 172 Å². The third-order valence-corrected chi connectivity index (χ3v) is 4.78. The molecule has 0 bridgehead atoms. The van der Waals surface area contributed by atoms with Gasteiger partial charge in [-0.2, -0.15) is 0 Å². The van der Waals surface area contributed by atoms with E-state index in [0.29, 0.717) is 19.4 Å². The maximum Gasteiger partial charge on any atom is 0.220 e. The van der Waals surface area contributed by atoms with E-state index < -0.39 is 0 Å². The molecule has 150 valence electrons. The zero-order chi connectivity index (χ0) is 19.1. The molecule has 1 atom stereocenters. The number of nitrogens with two attached hydrogens (primary N) is 1.